The molecule has 0 spiro atoms. The Morgan fingerprint density at radius 3 is 1.58 bits per heavy atom. The van der Waals surface area contributed by atoms with Gasteiger partial charge in [0.1, 0.15) is 17.7 Å². The fourth-order valence-electron chi connectivity index (χ4n) is 10.0. The number of alkyl carbamates (subject to hydrolysis) is 1. The molecule has 6 unspecified atom stereocenters. The van der Waals surface area contributed by atoms with E-state index in [4.69, 9.17) is 20.4 Å². The number of aromatic nitrogens is 4. The maximum Gasteiger partial charge on any atom is 0.407 e. The third-order valence-electron chi connectivity index (χ3n) is 13.9. The first-order valence-electron chi connectivity index (χ1n) is 23.5. The minimum Gasteiger partial charge on any atom is -0.453 e. The predicted octanol–water partition coefficient (Wildman–Crippen LogP) is 9.54. The van der Waals surface area contributed by atoms with Gasteiger partial charge in [-0.2, -0.15) is 0 Å². The van der Waals surface area contributed by atoms with Gasteiger partial charge >= 0.3 is 6.09 Å². The number of hydrogen-bond acceptors (Lipinski definition) is 8. The molecule has 344 valence electrons. The Kier molecular flexibility index (Phi) is 13.2. The molecule has 5 N–H and O–H groups in total. The first-order valence-corrected chi connectivity index (χ1v) is 23.5. The van der Waals surface area contributed by atoms with Gasteiger partial charge in [0.2, 0.25) is 11.8 Å². The number of ether oxygens (including phenoxy) is 1. The van der Waals surface area contributed by atoms with E-state index < -0.39 is 18.2 Å². The van der Waals surface area contributed by atoms with Crippen LogP contribution in [0.1, 0.15) is 139 Å². The first kappa shape index (κ1) is 45.6. The number of likely N-dealkylation sites (tertiary alicyclic amines) is 2. The van der Waals surface area contributed by atoms with Gasteiger partial charge < -0.3 is 40.5 Å². The van der Waals surface area contributed by atoms with Crippen LogP contribution in [-0.4, -0.2) is 79.9 Å². The third kappa shape index (κ3) is 9.43. The van der Waals surface area contributed by atoms with Crippen molar-refractivity contribution in [2.45, 2.75) is 129 Å². The Morgan fingerprint density at radius 2 is 1.15 bits per heavy atom. The lowest BCUT2D eigenvalue weighted by Gasteiger charge is -2.34. The van der Waals surface area contributed by atoms with E-state index in [9.17, 15) is 14.4 Å². The first-order chi connectivity index (χ1) is 31.1. The van der Waals surface area contributed by atoms with Crippen molar-refractivity contribution in [1.82, 2.24) is 35.1 Å². The van der Waals surface area contributed by atoms with Gasteiger partial charge in [-0.1, -0.05) is 109 Å². The second-order valence-electron chi connectivity index (χ2n) is 19.9. The van der Waals surface area contributed by atoms with Crippen molar-refractivity contribution in [3.63, 3.8) is 0 Å². The molecule has 3 aromatic carbocycles. The zero-order chi connectivity index (χ0) is 46.2. The zero-order valence-corrected chi connectivity index (χ0v) is 39.3. The largest absolute Gasteiger partial charge is 0.453 e. The van der Waals surface area contributed by atoms with Crippen LogP contribution in [0.15, 0.2) is 85.2 Å². The van der Waals surface area contributed by atoms with Gasteiger partial charge in [0.15, 0.2) is 0 Å². The summed E-state index contributed by atoms with van der Waals surface area (Å²) in [4.78, 5) is 62.0. The number of nitrogens with two attached hydrogens (primary N) is 1. The molecule has 65 heavy (non-hydrogen) atoms. The number of benzene rings is 3. The molecule has 3 aliphatic rings. The summed E-state index contributed by atoms with van der Waals surface area (Å²) in [7, 11) is 1.31. The van der Waals surface area contributed by atoms with Crippen LogP contribution in [0.25, 0.3) is 22.5 Å². The minimum atomic E-state index is -0.686. The molecule has 0 aliphatic carbocycles. The molecular formula is C52H67N9O4. The summed E-state index contributed by atoms with van der Waals surface area (Å²) in [6, 6.07) is 25.6. The van der Waals surface area contributed by atoms with Crippen LogP contribution in [0.4, 0.5) is 10.5 Å². The van der Waals surface area contributed by atoms with E-state index in [1.54, 1.807) is 0 Å². The average molecular weight is 882 g/mol. The average Bonchev–Trinajstić information content (AvgIpc) is 4.16. The molecule has 5 heterocycles. The minimum absolute atomic E-state index is 0.00401. The lowest BCUT2D eigenvalue weighted by molar-refractivity contribution is -0.136. The maximum absolute atomic E-state index is 13.7. The van der Waals surface area contributed by atoms with Gasteiger partial charge in [-0.25, -0.2) is 14.8 Å². The molecule has 13 heteroatoms. The van der Waals surface area contributed by atoms with Crippen molar-refractivity contribution < 1.29 is 19.1 Å². The van der Waals surface area contributed by atoms with Gasteiger partial charge in [-0.15, -0.1) is 0 Å². The molecule has 13 nitrogen and oxygen atoms in total. The third-order valence-corrected chi connectivity index (χ3v) is 13.9. The fourth-order valence-corrected chi connectivity index (χ4v) is 10.0. The summed E-state index contributed by atoms with van der Waals surface area (Å²) in [6.45, 7) is 15.9. The van der Waals surface area contributed by atoms with E-state index in [2.05, 4.69) is 114 Å². The van der Waals surface area contributed by atoms with Crippen molar-refractivity contribution in [2.75, 3.05) is 25.1 Å². The van der Waals surface area contributed by atoms with Crippen molar-refractivity contribution in [3.8, 4) is 22.5 Å². The second-order valence-corrected chi connectivity index (χ2v) is 19.9. The Hall–Kier alpha value is -5.95. The van der Waals surface area contributed by atoms with Crippen LogP contribution < -0.4 is 16.0 Å². The second kappa shape index (κ2) is 18.9. The van der Waals surface area contributed by atoms with Gasteiger partial charge in [0.25, 0.3) is 0 Å². The van der Waals surface area contributed by atoms with Crippen molar-refractivity contribution in [2.24, 2.45) is 17.6 Å². The summed E-state index contributed by atoms with van der Waals surface area (Å²) < 4.78 is 4.81. The van der Waals surface area contributed by atoms with Gasteiger partial charge in [-0.3, -0.25) is 9.59 Å². The number of aromatic amines is 2. The van der Waals surface area contributed by atoms with Crippen LogP contribution in [-0.2, 0) is 19.7 Å². The highest BCUT2D eigenvalue weighted by Crippen LogP contribution is 2.48. The topological polar surface area (TPSA) is 166 Å². The quantitative estimate of drug-likeness (QED) is 0.0962. The monoisotopic (exact) mass is 882 g/mol. The number of nitrogens with one attached hydrogen (secondary N) is 3. The van der Waals surface area contributed by atoms with Crippen LogP contribution in [0, 0.1) is 11.8 Å². The molecule has 3 aliphatic heterocycles. The number of nitrogens with zero attached hydrogens (tertiary/aromatic N) is 5. The highest BCUT2D eigenvalue weighted by molar-refractivity contribution is 5.86. The van der Waals surface area contributed by atoms with E-state index in [0.29, 0.717) is 13.1 Å². The Labute approximate surface area is 383 Å². The maximum atomic E-state index is 13.7. The van der Waals surface area contributed by atoms with Crippen LogP contribution in [0.2, 0.25) is 0 Å². The lowest BCUT2D eigenvalue weighted by atomic mass is 9.87. The highest BCUT2D eigenvalue weighted by Gasteiger charge is 2.39. The number of methoxy groups -OCH3 is 1. The summed E-state index contributed by atoms with van der Waals surface area (Å²) in [6.07, 6.45) is 8.57. The molecule has 0 radical (unpaired) electrons. The molecule has 3 fully saturated rings. The Balaban J connectivity index is 1.01. The smallest absolute Gasteiger partial charge is 0.407 e. The number of carbonyl (C=O) groups excluding carboxylic acids is 3. The van der Waals surface area contributed by atoms with E-state index >= 15 is 0 Å². The van der Waals surface area contributed by atoms with E-state index in [1.807, 2.05) is 49.9 Å². The summed E-state index contributed by atoms with van der Waals surface area (Å²) in [5, 5.41) is 2.73. The molecule has 6 atom stereocenters. The number of H-pyrrole nitrogens is 2. The number of rotatable bonds is 12. The van der Waals surface area contributed by atoms with E-state index in [1.165, 1.54) is 29.5 Å². The van der Waals surface area contributed by atoms with E-state index in [-0.39, 0.29) is 53.2 Å². The molecule has 2 aromatic heterocycles. The fraction of sp³-hybridized carbons (Fsp3) is 0.481. The molecule has 5 aromatic rings. The SMILES string of the molecule is COC(=O)NC(C(=O)N1CCCC1c1ncc(-c2ccc(C3CCC(c4ccc(-c5cnc(C6CCCN6C(=O)C(N)C(C)C)[nH]5)cc4)N3c3ccc(C(C)(C)C)cc3)cc2)[nH]1)C(C)C. The molecule has 0 bridgehead atoms. The van der Waals surface area contributed by atoms with Crippen molar-refractivity contribution in [3.05, 3.63) is 114 Å². The summed E-state index contributed by atoms with van der Waals surface area (Å²) in [5.41, 5.74) is 15.2. The van der Waals surface area contributed by atoms with Gasteiger partial charge in [0, 0.05) is 18.8 Å². The molecular weight excluding hydrogens is 815 g/mol. The van der Waals surface area contributed by atoms with Crippen LogP contribution in [0.3, 0.4) is 0 Å². The van der Waals surface area contributed by atoms with Crippen LogP contribution >= 0.6 is 0 Å². The standard InChI is InChI=1S/C52H67N9O4/c1-31(2)45(53)49(62)59-27-9-11-43(59)47-54-29-39(56-47)33-13-17-35(18-14-33)41-25-26-42(61(41)38-23-21-37(22-24-38)52(5,6)7)36-19-15-34(16-20-36)40-30-55-48(57-40)44-12-10-28-60(44)50(63)46(32(3)4)58-51(64)65-8/h13-24,29-32,41-46H,9-12,25-28,53H2,1-8H3,(H,54,56)(H,55,57)(H,58,64). The number of imidazole rings is 2. The molecule has 0 saturated carbocycles. The summed E-state index contributed by atoms with van der Waals surface area (Å²) in [5.74, 6) is 1.40. The van der Waals surface area contributed by atoms with Crippen molar-refractivity contribution >= 4 is 23.6 Å². The summed E-state index contributed by atoms with van der Waals surface area (Å²) >= 11 is 0. The highest BCUT2D eigenvalue weighted by atomic mass is 16.5. The predicted molar refractivity (Wildman–Crippen MR) is 255 cm³/mol. The zero-order valence-electron chi connectivity index (χ0n) is 39.3. The number of anilines is 1. The Morgan fingerprint density at radius 1 is 0.677 bits per heavy atom. The lowest BCUT2D eigenvalue weighted by Crippen LogP contribution is -2.51. The Bertz CT molecular complexity index is 2430. The van der Waals surface area contributed by atoms with Gasteiger partial charge in [-0.05, 0) is 95.7 Å². The number of amides is 3. The molecule has 3 amide bonds. The molecule has 3 saturated heterocycles. The van der Waals surface area contributed by atoms with E-state index in [0.717, 1.165) is 72.7 Å². The molecule has 8 rings (SSSR count). The van der Waals surface area contributed by atoms with Gasteiger partial charge in [0.05, 0.1) is 61.1 Å². The number of carbonyl (C=O) groups is 3. The normalized spacial score (nSPS) is 21.1. The van der Waals surface area contributed by atoms with Crippen LogP contribution in [0.5, 0.6) is 0 Å². The number of hydrogen-bond donors (Lipinski definition) is 4. The van der Waals surface area contributed by atoms with Crippen molar-refractivity contribution in [1.29, 1.82) is 0 Å².